The van der Waals surface area contributed by atoms with Crippen LogP contribution in [0.1, 0.15) is 44.7 Å². The summed E-state index contributed by atoms with van der Waals surface area (Å²) in [5.41, 5.74) is 1.34. The number of ether oxygens (including phenoxy) is 2. The Hall–Kier alpha value is -3.69. The largest absolute Gasteiger partial charge is 0.483 e. The molecule has 0 saturated heterocycles. The van der Waals surface area contributed by atoms with Crippen molar-refractivity contribution in [2.24, 2.45) is 0 Å². The third-order valence-corrected chi connectivity index (χ3v) is 7.33. The number of carbonyl (C=O) groups excluding carboxylic acids is 2. The minimum Gasteiger partial charge on any atom is -0.483 e. The highest BCUT2D eigenvalue weighted by molar-refractivity contribution is 7.89. The first kappa shape index (κ1) is 31.8. The summed E-state index contributed by atoms with van der Waals surface area (Å²) >= 11 is 0. The molecule has 0 heterocycles. The van der Waals surface area contributed by atoms with Crippen LogP contribution in [-0.2, 0) is 32.4 Å². The van der Waals surface area contributed by atoms with Crippen molar-refractivity contribution in [1.82, 2.24) is 9.62 Å². The van der Waals surface area contributed by atoms with Crippen LogP contribution in [0.5, 0.6) is 5.75 Å². The molecule has 0 fully saturated rings. The Morgan fingerprint density at radius 3 is 1.93 bits per heavy atom. The van der Waals surface area contributed by atoms with Crippen LogP contribution in [0.3, 0.4) is 0 Å². The molecule has 0 aliphatic heterocycles. The Bertz CT molecular complexity index is 1330. The van der Waals surface area contributed by atoms with E-state index in [1.165, 1.54) is 0 Å². The second kappa shape index (κ2) is 15.3. The Kier molecular flexibility index (Phi) is 11.9. The van der Waals surface area contributed by atoms with Gasteiger partial charge in [0.2, 0.25) is 10.0 Å². The second-order valence-electron chi connectivity index (χ2n) is 10.8. The van der Waals surface area contributed by atoms with Gasteiger partial charge in [-0.15, -0.1) is 0 Å². The van der Waals surface area contributed by atoms with Gasteiger partial charge in [0.05, 0.1) is 6.54 Å². The fraction of sp³-hybridized carbons (Fsp3) is 0.375. The number of Topliss-reactive ketones (excluding diaryl/α,β-unsaturated/α-hetero) is 1. The molecule has 3 aromatic carbocycles. The summed E-state index contributed by atoms with van der Waals surface area (Å²) in [6.45, 7) is 4.89. The van der Waals surface area contributed by atoms with Gasteiger partial charge in [0.25, 0.3) is 0 Å². The lowest BCUT2D eigenvalue weighted by atomic mass is 10.0. The molecule has 3 rings (SSSR count). The first-order valence-electron chi connectivity index (χ1n) is 13.8. The molecular weight excluding hydrogens is 540 g/mol. The van der Waals surface area contributed by atoms with Crippen molar-refractivity contribution in [2.75, 3.05) is 19.0 Å². The number of sulfonamides is 1. The zero-order valence-electron chi connectivity index (χ0n) is 24.0. The van der Waals surface area contributed by atoms with Crippen molar-refractivity contribution in [3.63, 3.8) is 0 Å². The Morgan fingerprint density at radius 2 is 1.37 bits per heavy atom. The van der Waals surface area contributed by atoms with E-state index >= 15 is 0 Å². The average Bonchev–Trinajstić information content (AvgIpc) is 2.94. The summed E-state index contributed by atoms with van der Waals surface area (Å²) in [6, 6.07) is 28.4. The van der Waals surface area contributed by atoms with Gasteiger partial charge in [-0.05, 0) is 69.7 Å². The van der Waals surface area contributed by atoms with Gasteiger partial charge in [-0.25, -0.2) is 17.9 Å². The quantitative estimate of drug-likeness (QED) is 0.259. The third kappa shape index (κ3) is 12.2. The SMILES string of the molecule is CC(C)(C)OC(=O)N(CCCc1ccccc1)CS(=O)(=O)NCC(=O)C(CCc1ccccc1)Oc1ccccc1. The van der Waals surface area contributed by atoms with Gasteiger partial charge in [0, 0.05) is 6.54 Å². The summed E-state index contributed by atoms with van der Waals surface area (Å²) in [5.74, 6) is -0.504. The van der Waals surface area contributed by atoms with Gasteiger partial charge in [-0.3, -0.25) is 9.69 Å². The number of hydrogen-bond donors (Lipinski definition) is 1. The van der Waals surface area contributed by atoms with Crippen LogP contribution < -0.4 is 9.46 Å². The van der Waals surface area contributed by atoms with Crippen molar-refractivity contribution in [1.29, 1.82) is 0 Å². The van der Waals surface area contributed by atoms with E-state index in [1.807, 2.05) is 66.7 Å². The van der Waals surface area contributed by atoms with Crippen LogP contribution in [0.25, 0.3) is 0 Å². The van der Waals surface area contributed by atoms with E-state index in [0.717, 1.165) is 16.0 Å². The highest BCUT2D eigenvalue weighted by atomic mass is 32.2. The van der Waals surface area contributed by atoms with Crippen LogP contribution in [0.2, 0.25) is 0 Å². The minimum atomic E-state index is -4.05. The Morgan fingerprint density at radius 1 is 0.829 bits per heavy atom. The predicted octanol–water partition coefficient (Wildman–Crippen LogP) is 5.38. The maximum atomic E-state index is 13.2. The zero-order valence-corrected chi connectivity index (χ0v) is 24.8. The summed E-state index contributed by atoms with van der Waals surface area (Å²) in [4.78, 5) is 27.2. The number of nitrogens with zero attached hydrogens (tertiary/aromatic N) is 1. The Balaban J connectivity index is 1.64. The number of nitrogens with one attached hydrogen (secondary N) is 1. The number of ketones is 1. The lowest BCUT2D eigenvalue weighted by molar-refractivity contribution is -0.124. The van der Waals surface area contributed by atoms with Gasteiger partial charge in [0.1, 0.15) is 17.2 Å². The van der Waals surface area contributed by atoms with Gasteiger partial charge in [-0.1, -0.05) is 78.9 Å². The van der Waals surface area contributed by atoms with E-state index in [-0.39, 0.29) is 6.54 Å². The molecule has 1 unspecified atom stereocenters. The number of rotatable bonds is 15. The molecule has 0 bridgehead atoms. The molecule has 0 radical (unpaired) electrons. The van der Waals surface area contributed by atoms with Crippen LogP contribution in [0, 0.1) is 0 Å². The number of amides is 1. The molecule has 8 nitrogen and oxygen atoms in total. The fourth-order valence-corrected chi connectivity index (χ4v) is 5.19. The molecule has 1 N–H and O–H groups in total. The van der Waals surface area contributed by atoms with Crippen molar-refractivity contribution in [3.8, 4) is 5.75 Å². The van der Waals surface area contributed by atoms with Crippen LogP contribution in [0.15, 0.2) is 91.0 Å². The topological polar surface area (TPSA) is 102 Å². The number of para-hydroxylation sites is 1. The molecule has 220 valence electrons. The van der Waals surface area contributed by atoms with Gasteiger partial charge in [-0.2, -0.15) is 0 Å². The van der Waals surface area contributed by atoms with Crippen molar-refractivity contribution < 1.29 is 27.5 Å². The maximum absolute atomic E-state index is 13.2. The van der Waals surface area contributed by atoms with Crippen LogP contribution >= 0.6 is 0 Å². The lowest BCUT2D eigenvalue weighted by Crippen LogP contribution is -2.45. The van der Waals surface area contributed by atoms with Crippen molar-refractivity contribution >= 4 is 21.9 Å². The first-order chi connectivity index (χ1) is 19.5. The van der Waals surface area contributed by atoms with Crippen LogP contribution in [0.4, 0.5) is 4.79 Å². The lowest BCUT2D eigenvalue weighted by Gasteiger charge is -2.27. The van der Waals surface area contributed by atoms with Gasteiger partial charge in [0.15, 0.2) is 11.9 Å². The first-order valence-corrected chi connectivity index (χ1v) is 15.4. The molecule has 9 heteroatoms. The predicted molar refractivity (Wildman–Crippen MR) is 160 cm³/mol. The summed E-state index contributed by atoms with van der Waals surface area (Å²) in [6.07, 6.45) is 0.604. The molecule has 1 atom stereocenters. The zero-order chi connectivity index (χ0) is 29.7. The van der Waals surface area contributed by atoms with E-state index < -0.39 is 46.0 Å². The standard InChI is InChI=1S/C32H40N2O6S/c1-32(2,3)40-31(36)34(23-13-18-26-14-7-4-8-15-26)25-41(37,38)33-24-29(35)30(39-28-19-11-6-12-20-28)22-21-27-16-9-5-10-17-27/h4-12,14-17,19-20,30,33H,13,18,21-25H2,1-3H3. The van der Waals surface area contributed by atoms with Crippen molar-refractivity contribution in [3.05, 3.63) is 102 Å². The van der Waals surface area contributed by atoms with E-state index in [9.17, 15) is 18.0 Å². The summed E-state index contributed by atoms with van der Waals surface area (Å²) in [7, 11) is -4.05. The number of benzene rings is 3. The van der Waals surface area contributed by atoms with Crippen molar-refractivity contribution in [2.45, 2.75) is 58.2 Å². The smallest absolute Gasteiger partial charge is 0.411 e. The second-order valence-corrected chi connectivity index (χ2v) is 12.6. The van der Waals surface area contributed by atoms with Gasteiger partial charge < -0.3 is 9.47 Å². The molecule has 1 amide bonds. The highest BCUT2D eigenvalue weighted by Gasteiger charge is 2.28. The Labute approximate surface area is 243 Å². The fourth-order valence-electron chi connectivity index (χ4n) is 4.09. The third-order valence-electron chi connectivity index (χ3n) is 6.10. The summed E-state index contributed by atoms with van der Waals surface area (Å²) < 4.78 is 39.9. The number of aryl methyl sites for hydroxylation is 2. The molecule has 0 aromatic heterocycles. The maximum Gasteiger partial charge on any atom is 0.411 e. The molecule has 0 aliphatic rings. The molecular formula is C32H40N2O6S. The molecule has 0 saturated carbocycles. The van der Waals surface area contributed by atoms with E-state index in [4.69, 9.17) is 9.47 Å². The average molecular weight is 581 g/mol. The normalized spacial score (nSPS) is 12.4. The van der Waals surface area contributed by atoms with Gasteiger partial charge >= 0.3 is 6.09 Å². The minimum absolute atomic E-state index is 0.176. The van der Waals surface area contributed by atoms with E-state index in [2.05, 4.69) is 4.72 Å². The molecule has 0 aliphatic carbocycles. The van der Waals surface area contributed by atoms with Crippen LogP contribution in [-0.4, -0.2) is 55.9 Å². The van der Waals surface area contributed by atoms with E-state index in [0.29, 0.717) is 31.4 Å². The summed E-state index contributed by atoms with van der Waals surface area (Å²) in [5, 5.41) is 0. The van der Waals surface area contributed by atoms with E-state index in [1.54, 1.807) is 45.0 Å². The number of hydrogen-bond acceptors (Lipinski definition) is 6. The molecule has 3 aromatic rings. The number of carbonyl (C=O) groups is 2. The molecule has 0 spiro atoms. The molecule has 41 heavy (non-hydrogen) atoms. The monoisotopic (exact) mass is 580 g/mol. The highest BCUT2D eigenvalue weighted by Crippen LogP contribution is 2.16.